The number of nitro groups is 1. The Morgan fingerprint density at radius 1 is 1.26 bits per heavy atom. The Balaban J connectivity index is 2.41. The Labute approximate surface area is 106 Å². The smallest absolute Gasteiger partial charge is 0.246 e. The van der Waals surface area contributed by atoms with E-state index in [4.69, 9.17) is 4.74 Å². The summed E-state index contributed by atoms with van der Waals surface area (Å²) in [7, 11) is 0. The van der Waals surface area contributed by atoms with Gasteiger partial charge in [0, 0.05) is 23.0 Å². The van der Waals surface area contributed by atoms with Crippen LogP contribution in [-0.2, 0) is 4.74 Å². The molecular weight excluding hydrogens is 263 g/mol. The van der Waals surface area contributed by atoms with E-state index in [1.165, 1.54) is 0 Å². The van der Waals surface area contributed by atoms with Gasteiger partial charge in [-0.1, -0.05) is 6.58 Å². The lowest BCUT2D eigenvalue weighted by atomic mass is 9.94. The van der Waals surface area contributed by atoms with Crippen LogP contribution in [0.15, 0.2) is 24.3 Å². The topological polar surface area (TPSA) is 52.4 Å². The summed E-state index contributed by atoms with van der Waals surface area (Å²) < 4.78 is 44.7. The molecule has 1 aliphatic rings. The van der Waals surface area contributed by atoms with Crippen LogP contribution < -0.4 is 0 Å². The van der Waals surface area contributed by atoms with E-state index in [2.05, 4.69) is 6.58 Å². The molecule has 102 valence electrons. The summed E-state index contributed by atoms with van der Waals surface area (Å²) in [6.45, 7) is 3.59. The molecule has 0 aliphatic carbocycles. The zero-order chi connectivity index (χ0) is 14.2. The van der Waals surface area contributed by atoms with Gasteiger partial charge in [0.05, 0.1) is 6.61 Å². The standard InChI is InChI=1S/C12H10F3NO3/c1-6-2-11(16(17)18)12(19-5-6)7-3-9(14)10(15)4-8(7)13/h3-4,11-12H,1-2,5H2/t11?,12-/m0/s1. The third kappa shape index (κ3) is 2.60. The molecule has 1 unspecified atom stereocenters. The molecule has 0 N–H and O–H groups in total. The largest absolute Gasteiger partial charge is 0.362 e. The second-order valence-electron chi connectivity index (χ2n) is 4.33. The molecule has 1 aromatic rings. The van der Waals surface area contributed by atoms with Crippen LogP contribution in [0.25, 0.3) is 0 Å². The normalized spacial score (nSPS) is 23.4. The molecule has 0 amide bonds. The van der Waals surface area contributed by atoms with Gasteiger partial charge in [-0.3, -0.25) is 10.1 Å². The third-order valence-electron chi connectivity index (χ3n) is 2.93. The minimum atomic E-state index is -1.35. The Kier molecular flexibility index (Phi) is 3.57. The summed E-state index contributed by atoms with van der Waals surface area (Å²) in [6, 6.07) is -0.311. The van der Waals surface area contributed by atoms with Crippen molar-refractivity contribution < 1.29 is 22.8 Å². The number of nitrogens with zero attached hydrogens (tertiary/aromatic N) is 1. The maximum Gasteiger partial charge on any atom is 0.246 e. The first-order valence-corrected chi connectivity index (χ1v) is 5.46. The van der Waals surface area contributed by atoms with Crippen molar-refractivity contribution in [1.29, 1.82) is 0 Å². The first kappa shape index (κ1) is 13.5. The predicted molar refractivity (Wildman–Crippen MR) is 59.5 cm³/mol. The molecule has 0 bridgehead atoms. The molecular formula is C12H10F3NO3. The van der Waals surface area contributed by atoms with Crippen LogP contribution in [0.4, 0.5) is 13.2 Å². The zero-order valence-electron chi connectivity index (χ0n) is 9.74. The summed E-state index contributed by atoms with van der Waals surface area (Å²) in [4.78, 5) is 10.3. The zero-order valence-corrected chi connectivity index (χ0v) is 9.74. The first-order valence-electron chi connectivity index (χ1n) is 5.46. The lowest BCUT2D eigenvalue weighted by Gasteiger charge is -2.27. The summed E-state index contributed by atoms with van der Waals surface area (Å²) in [5, 5.41) is 10.9. The van der Waals surface area contributed by atoms with Crippen LogP contribution in [0.2, 0.25) is 0 Å². The molecule has 7 heteroatoms. The minimum absolute atomic E-state index is 0.0100. The van der Waals surface area contributed by atoms with Gasteiger partial charge in [-0.15, -0.1) is 0 Å². The quantitative estimate of drug-likeness (QED) is 0.360. The highest BCUT2D eigenvalue weighted by atomic mass is 19.2. The monoisotopic (exact) mass is 273 g/mol. The molecule has 0 spiro atoms. The van der Waals surface area contributed by atoms with Gasteiger partial charge >= 0.3 is 0 Å². The SMILES string of the molecule is C=C1CO[C@@H](c2cc(F)c(F)cc2F)C([N+](=O)[O-])C1. The van der Waals surface area contributed by atoms with Crippen molar-refractivity contribution in [2.24, 2.45) is 0 Å². The molecule has 2 atom stereocenters. The van der Waals surface area contributed by atoms with Gasteiger partial charge < -0.3 is 4.74 Å². The summed E-state index contributed by atoms with van der Waals surface area (Å²) >= 11 is 0. The van der Waals surface area contributed by atoms with Crippen LogP contribution in [0.3, 0.4) is 0 Å². The van der Waals surface area contributed by atoms with Gasteiger partial charge in [-0.25, -0.2) is 13.2 Å². The van der Waals surface area contributed by atoms with Gasteiger partial charge in [0.2, 0.25) is 6.04 Å². The van der Waals surface area contributed by atoms with Crippen LogP contribution in [0.1, 0.15) is 18.1 Å². The van der Waals surface area contributed by atoms with Crippen molar-refractivity contribution >= 4 is 0 Å². The van der Waals surface area contributed by atoms with E-state index in [0.717, 1.165) is 0 Å². The maximum absolute atomic E-state index is 13.6. The van der Waals surface area contributed by atoms with Gasteiger partial charge in [0.15, 0.2) is 17.7 Å². The third-order valence-corrected chi connectivity index (χ3v) is 2.93. The molecule has 0 aromatic heterocycles. The average molecular weight is 273 g/mol. The van der Waals surface area contributed by atoms with Crippen LogP contribution in [-0.4, -0.2) is 17.6 Å². The second-order valence-corrected chi connectivity index (χ2v) is 4.33. The van der Waals surface area contributed by atoms with E-state index in [1.54, 1.807) is 0 Å². The first-order chi connectivity index (χ1) is 8.90. The van der Waals surface area contributed by atoms with Gasteiger partial charge in [-0.05, 0) is 11.6 Å². The predicted octanol–water partition coefficient (Wildman–Crippen LogP) is 2.77. The molecule has 1 fully saturated rings. The van der Waals surface area contributed by atoms with E-state index >= 15 is 0 Å². The van der Waals surface area contributed by atoms with E-state index in [-0.39, 0.29) is 18.6 Å². The summed E-state index contributed by atoms with van der Waals surface area (Å²) in [5.41, 5.74) is 0.147. The van der Waals surface area contributed by atoms with Gasteiger partial charge in [0.1, 0.15) is 5.82 Å². The average Bonchev–Trinajstić information content (AvgIpc) is 2.34. The molecule has 0 radical (unpaired) electrons. The van der Waals surface area contributed by atoms with Crippen molar-refractivity contribution in [3.63, 3.8) is 0 Å². The Morgan fingerprint density at radius 3 is 2.53 bits per heavy atom. The number of halogens is 3. The molecule has 0 saturated carbocycles. The Hall–Kier alpha value is -1.89. The highest BCUT2D eigenvalue weighted by Crippen LogP contribution is 2.34. The molecule has 4 nitrogen and oxygen atoms in total. The Bertz CT molecular complexity index is 547. The van der Waals surface area contributed by atoms with Crippen LogP contribution in [0, 0.1) is 27.6 Å². The molecule has 2 rings (SSSR count). The fourth-order valence-electron chi connectivity index (χ4n) is 2.02. The maximum atomic E-state index is 13.6. The fraction of sp³-hybridized carbons (Fsp3) is 0.333. The fourth-order valence-corrected chi connectivity index (χ4v) is 2.02. The van der Waals surface area contributed by atoms with E-state index < -0.39 is 34.5 Å². The van der Waals surface area contributed by atoms with E-state index in [1.807, 2.05) is 0 Å². The van der Waals surface area contributed by atoms with Gasteiger partial charge in [-0.2, -0.15) is 0 Å². The molecule has 1 aromatic carbocycles. The molecule has 19 heavy (non-hydrogen) atoms. The number of hydrogen-bond donors (Lipinski definition) is 0. The molecule has 1 heterocycles. The van der Waals surface area contributed by atoms with Crippen molar-refractivity contribution in [3.8, 4) is 0 Å². The lowest BCUT2D eigenvalue weighted by molar-refractivity contribution is -0.539. The number of rotatable bonds is 2. The number of hydrogen-bond acceptors (Lipinski definition) is 3. The van der Waals surface area contributed by atoms with Crippen molar-refractivity contribution in [1.82, 2.24) is 0 Å². The van der Waals surface area contributed by atoms with E-state index in [0.29, 0.717) is 17.7 Å². The van der Waals surface area contributed by atoms with Crippen molar-refractivity contribution in [2.45, 2.75) is 18.6 Å². The van der Waals surface area contributed by atoms with Gasteiger partial charge in [0.25, 0.3) is 0 Å². The van der Waals surface area contributed by atoms with E-state index in [9.17, 15) is 23.3 Å². The number of ether oxygens (including phenoxy) is 1. The van der Waals surface area contributed by atoms with Crippen molar-refractivity contribution in [2.75, 3.05) is 6.61 Å². The number of benzene rings is 1. The summed E-state index contributed by atoms with van der Waals surface area (Å²) in [6.07, 6.45) is -1.24. The Morgan fingerprint density at radius 2 is 1.89 bits per heavy atom. The molecule has 1 saturated heterocycles. The summed E-state index contributed by atoms with van der Waals surface area (Å²) in [5.74, 6) is -3.69. The highest BCUT2D eigenvalue weighted by molar-refractivity contribution is 5.25. The second kappa shape index (κ2) is 5.00. The van der Waals surface area contributed by atoms with Crippen LogP contribution in [0.5, 0.6) is 0 Å². The highest BCUT2D eigenvalue weighted by Gasteiger charge is 2.39. The molecule has 1 aliphatic heterocycles. The van der Waals surface area contributed by atoms with Crippen molar-refractivity contribution in [3.05, 3.63) is 57.4 Å². The minimum Gasteiger partial charge on any atom is -0.362 e. The van der Waals surface area contributed by atoms with Crippen LogP contribution >= 0.6 is 0 Å². The lowest BCUT2D eigenvalue weighted by Crippen LogP contribution is -2.35.